The Morgan fingerprint density at radius 2 is 2.33 bits per heavy atom. The Morgan fingerprint density at radius 1 is 1.44 bits per heavy atom. The van der Waals surface area contributed by atoms with E-state index in [2.05, 4.69) is 12.2 Å². The van der Waals surface area contributed by atoms with E-state index in [1.54, 1.807) is 0 Å². The number of rotatable bonds is 2. The minimum atomic E-state index is 0.0423. The van der Waals surface area contributed by atoms with E-state index in [0.29, 0.717) is 10.8 Å². The van der Waals surface area contributed by atoms with Gasteiger partial charge in [0, 0.05) is 13.1 Å². The molecule has 1 N–H and O–H groups in total. The molecule has 0 saturated carbocycles. The van der Waals surface area contributed by atoms with Crippen molar-refractivity contribution in [3.63, 3.8) is 0 Å². The molecular formula is C13H16ClNO3. The summed E-state index contributed by atoms with van der Waals surface area (Å²) in [5.74, 6) is 1.39. The van der Waals surface area contributed by atoms with Crippen LogP contribution in [0.15, 0.2) is 6.07 Å². The maximum atomic E-state index is 6.40. The van der Waals surface area contributed by atoms with Gasteiger partial charge in [-0.2, -0.15) is 0 Å². The zero-order valence-corrected chi connectivity index (χ0v) is 11.0. The monoisotopic (exact) mass is 269 g/mol. The highest BCUT2D eigenvalue weighted by Gasteiger charge is 2.27. The van der Waals surface area contributed by atoms with Crippen LogP contribution < -0.4 is 14.8 Å². The van der Waals surface area contributed by atoms with Gasteiger partial charge in [0.05, 0.1) is 17.7 Å². The number of hydrogen-bond acceptors (Lipinski definition) is 4. The SMILES string of the molecule is CCc1c(C2CNCCO2)cc2c(c1Cl)OCO2. The Kier molecular flexibility index (Phi) is 3.33. The van der Waals surface area contributed by atoms with Crippen LogP contribution in [0.4, 0.5) is 0 Å². The molecule has 2 heterocycles. The van der Waals surface area contributed by atoms with Crippen molar-refractivity contribution in [2.45, 2.75) is 19.4 Å². The summed E-state index contributed by atoms with van der Waals surface area (Å²) in [6.07, 6.45) is 0.894. The van der Waals surface area contributed by atoms with E-state index in [1.807, 2.05) is 6.07 Å². The number of fused-ring (bicyclic) bond motifs is 1. The summed E-state index contributed by atoms with van der Waals surface area (Å²) >= 11 is 6.40. The van der Waals surface area contributed by atoms with E-state index in [9.17, 15) is 0 Å². The van der Waals surface area contributed by atoms with E-state index in [4.69, 9.17) is 25.8 Å². The Morgan fingerprint density at radius 3 is 3.06 bits per heavy atom. The van der Waals surface area contributed by atoms with Crippen molar-refractivity contribution >= 4 is 11.6 Å². The number of benzene rings is 1. The highest BCUT2D eigenvalue weighted by Crippen LogP contribution is 2.44. The van der Waals surface area contributed by atoms with Crippen LogP contribution in [-0.4, -0.2) is 26.5 Å². The highest BCUT2D eigenvalue weighted by molar-refractivity contribution is 6.33. The largest absolute Gasteiger partial charge is 0.454 e. The first kappa shape index (κ1) is 12.1. The first-order valence-corrected chi connectivity index (χ1v) is 6.62. The van der Waals surface area contributed by atoms with Gasteiger partial charge in [0.2, 0.25) is 6.79 Å². The van der Waals surface area contributed by atoms with Gasteiger partial charge in [-0.25, -0.2) is 0 Å². The third-order valence-electron chi connectivity index (χ3n) is 3.37. The maximum Gasteiger partial charge on any atom is 0.231 e. The lowest BCUT2D eigenvalue weighted by Crippen LogP contribution is -2.33. The predicted molar refractivity (Wildman–Crippen MR) is 68.5 cm³/mol. The summed E-state index contributed by atoms with van der Waals surface area (Å²) in [6, 6.07) is 2.00. The Balaban J connectivity index is 2.04. The van der Waals surface area contributed by atoms with Gasteiger partial charge in [0.1, 0.15) is 0 Å². The predicted octanol–water partition coefficient (Wildman–Crippen LogP) is 2.29. The van der Waals surface area contributed by atoms with Crippen molar-refractivity contribution in [3.05, 3.63) is 22.2 Å². The van der Waals surface area contributed by atoms with Gasteiger partial charge in [-0.1, -0.05) is 18.5 Å². The summed E-state index contributed by atoms with van der Waals surface area (Å²) in [5.41, 5.74) is 2.20. The van der Waals surface area contributed by atoms with Crippen LogP contribution in [-0.2, 0) is 11.2 Å². The molecule has 3 rings (SSSR count). The summed E-state index contributed by atoms with van der Waals surface area (Å²) in [6.45, 7) is 4.76. The van der Waals surface area contributed by atoms with E-state index in [0.717, 1.165) is 43.0 Å². The van der Waals surface area contributed by atoms with Crippen molar-refractivity contribution < 1.29 is 14.2 Å². The van der Waals surface area contributed by atoms with Crippen LogP contribution in [0.3, 0.4) is 0 Å². The third kappa shape index (κ3) is 1.94. The second kappa shape index (κ2) is 4.96. The van der Waals surface area contributed by atoms with Crippen LogP contribution in [0, 0.1) is 0 Å². The van der Waals surface area contributed by atoms with Crippen molar-refractivity contribution in [3.8, 4) is 11.5 Å². The number of morpholine rings is 1. The van der Waals surface area contributed by atoms with Gasteiger partial charge < -0.3 is 19.5 Å². The molecule has 0 aromatic heterocycles. The number of nitrogens with one attached hydrogen (secondary N) is 1. The van der Waals surface area contributed by atoms with Crippen LogP contribution in [0.25, 0.3) is 0 Å². The second-order valence-electron chi connectivity index (χ2n) is 4.41. The van der Waals surface area contributed by atoms with Gasteiger partial charge in [-0.15, -0.1) is 0 Å². The first-order valence-electron chi connectivity index (χ1n) is 6.24. The minimum absolute atomic E-state index is 0.0423. The summed E-state index contributed by atoms with van der Waals surface area (Å²) in [4.78, 5) is 0. The molecule has 18 heavy (non-hydrogen) atoms. The normalized spacial score (nSPS) is 22.2. The highest BCUT2D eigenvalue weighted by atomic mass is 35.5. The standard InChI is InChI=1S/C13H16ClNO3/c1-2-8-9(11-6-15-3-4-16-11)5-10-13(12(8)14)18-7-17-10/h5,11,15H,2-4,6-7H2,1H3. The number of ether oxygens (including phenoxy) is 3. The molecule has 4 nitrogen and oxygen atoms in total. The van der Waals surface area contributed by atoms with E-state index in [1.165, 1.54) is 0 Å². The number of hydrogen-bond donors (Lipinski definition) is 1. The Hall–Kier alpha value is -0.970. The molecule has 2 aliphatic heterocycles. The topological polar surface area (TPSA) is 39.7 Å². The summed E-state index contributed by atoms with van der Waals surface area (Å²) in [5, 5.41) is 4.00. The van der Waals surface area contributed by atoms with Gasteiger partial charge in [-0.3, -0.25) is 0 Å². The average Bonchev–Trinajstić information content (AvgIpc) is 2.88. The van der Waals surface area contributed by atoms with E-state index < -0.39 is 0 Å². The van der Waals surface area contributed by atoms with Gasteiger partial charge in [0.15, 0.2) is 11.5 Å². The second-order valence-corrected chi connectivity index (χ2v) is 4.79. The molecule has 1 aromatic rings. The average molecular weight is 270 g/mol. The molecule has 1 saturated heterocycles. The molecular weight excluding hydrogens is 254 g/mol. The third-order valence-corrected chi connectivity index (χ3v) is 3.77. The molecule has 1 atom stereocenters. The zero-order chi connectivity index (χ0) is 12.5. The first-order chi connectivity index (χ1) is 8.81. The van der Waals surface area contributed by atoms with Crippen LogP contribution in [0.2, 0.25) is 5.02 Å². The lowest BCUT2D eigenvalue weighted by Gasteiger charge is -2.26. The minimum Gasteiger partial charge on any atom is -0.454 e. The van der Waals surface area contributed by atoms with Gasteiger partial charge in [0.25, 0.3) is 0 Å². The van der Waals surface area contributed by atoms with Gasteiger partial charge in [-0.05, 0) is 23.6 Å². The fourth-order valence-corrected chi connectivity index (χ4v) is 2.86. The molecule has 5 heteroatoms. The molecule has 0 bridgehead atoms. The Bertz CT molecular complexity index is 458. The van der Waals surface area contributed by atoms with Crippen LogP contribution in [0.5, 0.6) is 11.5 Å². The molecule has 98 valence electrons. The fraction of sp³-hybridized carbons (Fsp3) is 0.538. The van der Waals surface area contributed by atoms with Crippen molar-refractivity contribution in [1.29, 1.82) is 0 Å². The van der Waals surface area contributed by atoms with Crippen molar-refractivity contribution in [2.24, 2.45) is 0 Å². The van der Waals surface area contributed by atoms with Crippen molar-refractivity contribution in [1.82, 2.24) is 5.32 Å². The molecule has 1 fully saturated rings. The molecule has 1 aromatic carbocycles. The fourth-order valence-electron chi connectivity index (χ4n) is 2.47. The van der Waals surface area contributed by atoms with E-state index >= 15 is 0 Å². The molecule has 0 radical (unpaired) electrons. The summed E-state index contributed by atoms with van der Waals surface area (Å²) < 4.78 is 16.6. The molecule has 2 aliphatic rings. The molecule has 0 aliphatic carbocycles. The smallest absolute Gasteiger partial charge is 0.231 e. The van der Waals surface area contributed by atoms with Crippen LogP contribution in [0.1, 0.15) is 24.2 Å². The quantitative estimate of drug-likeness (QED) is 0.894. The van der Waals surface area contributed by atoms with Crippen molar-refractivity contribution in [2.75, 3.05) is 26.5 Å². The zero-order valence-electron chi connectivity index (χ0n) is 10.3. The molecule has 0 spiro atoms. The van der Waals surface area contributed by atoms with Crippen LogP contribution >= 0.6 is 11.6 Å². The van der Waals surface area contributed by atoms with E-state index in [-0.39, 0.29) is 12.9 Å². The van der Waals surface area contributed by atoms with Gasteiger partial charge >= 0.3 is 0 Å². The lowest BCUT2D eigenvalue weighted by molar-refractivity contribution is 0.0271. The lowest BCUT2D eigenvalue weighted by atomic mass is 9.98. The number of halogens is 1. The molecule has 0 amide bonds. The maximum absolute atomic E-state index is 6.40. The molecule has 1 unspecified atom stereocenters. The summed E-state index contributed by atoms with van der Waals surface area (Å²) in [7, 11) is 0. The Labute approximate surface area is 111 Å².